The summed E-state index contributed by atoms with van der Waals surface area (Å²) < 4.78 is 1.06. The van der Waals surface area contributed by atoms with Crippen molar-refractivity contribution in [1.29, 1.82) is 0 Å². The molecule has 0 saturated heterocycles. The average molecular weight is 375 g/mol. The Hall–Kier alpha value is -0.0500. The average Bonchev–Trinajstić information content (AvgIpc) is 2.44. The van der Waals surface area contributed by atoms with E-state index in [1.165, 1.54) is 56.9 Å². The second kappa shape index (κ2) is 11.5. The number of hydrogen-bond acceptors (Lipinski definition) is 1. The maximum Gasteiger partial charge on any atom is 0.0420 e. The van der Waals surface area contributed by atoms with Gasteiger partial charge in [0.15, 0.2) is 0 Å². The summed E-state index contributed by atoms with van der Waals surface area (Å²) in [7, 11) is 0. The van der Waals surface area contributed by atoms with Crippen LogP contribution in [0.25, 0.3) is 0 Å². The third-order valence-corrected chi connectivity index (χ3v) is 4.51. The number of nitrogens with one attached hydrogen (secondary N) is 1. The zero-order valence-corrected chi connectivity index (χ0v) is 15.8. The molecule has 0 aromatic heterocycles. The van der Waals surface area contributed by atoms with Crippen LogP contribution in [0.3, 0.4) is 0 Å². The van der Waals surface area contributed by atoms with E-state index in [1.54, 1.807) is 0 Å². The van der Waals surface area contributed by atoms with Crippen LogP contribution in [0.2, 0.25) is 5.02 Å². The third-order valence-electron chi connectivity index (χ3n) is 3.83. The Kier molecular flexibility index (Phi) is 10.4. The molecule has 0 radical (unpaired) electrons. The van der Waals surface area contributed by atoms with E-state index in [-0.39, 0.29) is 0 Å². The molecule has 0 aliphatic carbocycles. The molecular formula is C18H29BrClN. The maximum absolute atomic E-state index is 6.17. The highest BCUT2D eigenvalue weighted by molar-refractivity contribution is 9.10. The molecule has 21 heavy (non-hydrogen) atoms. The molecule has 0 fully saturated rings. The van der Waals surface area contributed by atoms with Gasteiger partial charge in [0.2, 0.25) is 0 Å². The number of unbranched alkanes of at least 4 members (excludes halogenated alkanes) is 6. The molecule has 1 rings (SSSR count). The summed E-state index contributed by atoms with van der Waals surface area (Å²) in [6.45, 7) is 5.42. The molecule has 1 nitrogen and oxygen atoms in total. The molecule has 1 aromatic carbocycles. The first-order valence-electron chi connectivity index (χ1n) is 8.36. The normalized spacial score (nSPS) is 12.6. The van der Waals surface area contributed by atoms with Crippen LogP contribution in [-0.2, 0) is 0 Å². The van der Waals surface area contributed by atoms with Gasteiger partial charge in [-0.15, -0.1) is 0 Å². The van der Waals surface area contributed by atoms with Crippen LogP contribution in [0.1, 0.15) is 76.8 Å². The Morgan fingerprint density at radius 3 is 2.29 bits per heavy atom. The Labute approximate surface area is 144 Å². The first kappa shape index (κ1) is 19.0. The van der Waals surface area contributed by atoms with Gasteiger partial charge in [0.25, 0.3) is 0 Å². The van der Waals surface area contributed by atoms with Crippen molar-refractivity contribution in [3.63, 3.8) is 0 Å². The Bertz CT molecular complexity index is 375. The van der Waals surface area contributed by atoms with E-state index in [0.29, 0.717) is 6.04 Å². The summed E-state index contributed by atoms with van der Waals surface area (Å²) in [4.78, 5) is 0. The molecule has 1 unspecified atom stereocenters. The summed E-state index contributed by atoms with van der Waals surface area (Å²) in [6.07, 6.45) is 10.7. The minimum Gasteiger partial charge on any atom is -0.310 e. The van der Waals surface area contributed by atoms with Gasteiger partial charge >= 0.3 is 0 Å². The molecule has 0 spiro atoms. The van der Waals surface area contributed by atoms with Gasteiger partial charge in [-0.1, -0.05) is 86.3 Å². The smallest absolute Gasteiger partial charge is 0.0420 e. The highest BCUT2D eigenvalue weighted by Crippen LogP contribution is 2.27. The molecule has 3 heteroatoms. The fourth-order valence-corrected chi connectivity index (χ4v) is 3.60. The summed E-state index contributed by atoms with van der Waals surface area (Å²) in [5, 5.41) is 4.39. The Balaban J connectivity index is 2.39. The number of benzene rings is 1. The Morgan fingerprint density at radius 2 is 1.67 bits per heavy atom. The second-order valence-corrected chi connectivity index (χ2v) is 7.08. The topological polar surface area (TPSA) is 12.0 Å². The number of rotatable bonds is 11. The molecule has 1 N–H and O–H groups in total. The van der Waals surface area contributed by atoms with E-state index in [1.807, 2.05) is 6.07 Å². The second-order valence-electron chi connectivity index (χ2n) is 5.72. The predicted molar refractivity (Wildman–Crippen MR) is 98.2 cm³/mol. The van der Waals surface area contributed by atoms with Crippen molar-refractivity contribution >= 4 is 27.5 Å². The fourth-order valence-electron chi connectivity index (χ4n) is 2.71. The number of hydrogen-bond donors (Lipinski definition) is 1. The lowest BCUT2D eigenvalue weighted by atomic mass is 9.99. The minimum atomic E-state index is 0.417. The van der Waals surface area contributed by atoms with Crippen LogP contribution in [0.15, 0.2) is 22.7 Å². The van der Waals surface area contributed by atoms with E-state index in [9.17, 15) is 0 Å². The van der Waals surface area contributed by atoms with Crippen molar-refractivity contribution < 1.29 is 0 Å². The van der Waals surface area contributed by atoms with Crippen LogP contribution >= 0.6 is 27.5 Å². The van der Waals surface area contributed by atoms with E-state index in [0.717, 1.165) is 16.0 Å². The molecule has 0 aliphatic rings. The molecule has 120 valence electrons. The zero-order valence-electron chi connectivity index (χ0n) is 13.4. The summed E-state index contributed by atoms with van der Waals surface area (Å²) in [5.74, 6) is 0. The summed E-state index contributed by atoms with van der Waals surface area (Å²) in [5.41, 5.74) is 1.29. The van der Waals surface area contributed by atoms with Crippen molar-refractivity contribution in [3.8, 4) is 0 Å². The van der Waals surface area contributed by atoms with Gasteiger partial charge in [0.05, 0.1) is 0 Å². The van der Waals surface area contributed by atoms with Gasteiger partial charge in [0, 0.05) is 15.5 Å². The fraction of sp³-hybridized carbons (Fsp3) is 0.667. The molecule has 0 amide bonds. The van der Waals surface area contributed by atoms with Gasteiger partial charge in [-0.05, 0) is 36.7 Å². The quantitative estimate of drug-likeness (QED) is 0.416. The summed E-state index contributed by atoms with van der Waals surface area (Å²) in [6, 6.07) is 6.63. The third kappa shape index (κ3) is 8.23. The standard InChI is InChI=1S/C18H29BrClN/c1-3-5-6-7-8-9-10-11-18(21-4-2)15-12-16(19)14-17(20)13-15/h12-14,18,21H,3-11H2,1-2H3. The maximum atomic E-state index is 6.17. The summed E-state index contributed by atoms with van der Waals surface area (Å²) >= 11 is 9.71. The first-order chi connectivity index (χ1) is 10.2. The van der Waals surface area contributed by atoms with Crippen molar-refractivity contribution in [2.75, 3.05) is 6.54 Å². The minimum absolute atomic E-state index is 0.417. The molecule has 0 saturated carbocycles. The molecule has 0 heterocycles. The molecular weight excluding hydrogens is 346 g/mol. The van der Waals surface area contributed by atoms with E-state index in [4.69, 9.17) is 11.6 Å². The Morgan fingerprint density at radius 1 is 1.00 bits per heavy atom. The van der Waals surface area contributed by atoms with Crippen LogP contribution in [0.4, 0.5) is 0 Å². The predicted octanol–water partition coefficient (Wildman–Crippen LogP) is 6.89. The molecule has 1 aromatic rings. The van der Waals surface area contributed by atoms with Crippen LogP contribution in [0, 0.1) is 0 Å². The van der Waals surface area contributed by atoms with E-state index < -0.39 is 0 Å². The van der Waals surface area contributed by atoms with Crippen molar-refractivity contribution in [2.45, 2.75) is 71.3 Å². The lowest BCUT2D eigenvalue weighted by molar-refractivity contribution is 0.475. The van der Waals surface area contributed by atoms with Crippen LogP contribution in [-0.4, -0.2) is 6.54 Å². The number of halogens is 2. The van der Waals surface area contributed by atoms with Crippen LogP contribution in [0.5, 0.6) is 0 Å². The molecule has 0 aliphatic heterocycles. The van der Waals surface area contributed by atoms with Gasteiger partial charge in [0.1, 0.15) is 0 Å². The lowest BCUT2D eigenvalue weighted by Gasteiger charge is -2.19. The molecule has 0 bridgehead atoms. The van der Waals surface area contributed by atoms with Crippen LogP contribution < -0.4 is 5.32 Å². The first-order valence-corrected chi connectivity index (χ1v) is 9.53. The highest BCUT2D eigenvalue weighted by atomic mass is 79.9. The largest absolute Gasteiger partial charge is 0.310 e. The SMILES string of the molecule is CCCCCCCCCC(NCC)c1cc(Cl)cc(Br)c1. The van der Waals surface area contributed by atoms with Crippen molar-refractivity contribution in [3.05, 3.63) is 33.3 Å². The highest BCUT2D eigenvalue weighted by Gasteiger charge is 2.11. The van der Waals surface area contributed by atoms with Gasteiger partial charge < -0.3 is 5.32 Å². The van der Waals surface area contributed by atoms with Crippen molar-refractivity contribution in [1.82, 2.24) is 5.32 Å². The molecule has 1 atom stereocenters. The van der Waals surface area contributed by atoms with Crippen molar-refractivity contribution in [2.24, 2.45) is 0 Å². The monoisotopic (exact) mass is 373 g/mol. The van der Waals surface area contributed by atoms with E-state index in [2.05, 4.69) is 47.2 Å². The van der Waals surface area contributed by atoms with Gasteiger partial charge in [-0.2, -0.15) is 0 Å². The zero-order chi connectivity index (χ0) is 15.5. The lowest BCUT2D eigenvalue weighted by Crippen LogP contribution is -2.20. The van der Waals surface area contributed by atoms with Gasteiger partial charge in [-0.3, -0.25) is 0 Å². The van der Waals surface area contributed by atoms with Gasteiger partial charge in [-0.25, -0.2) is 0 Å². The van der Waals surface area contributed by atoms with E-state index >= 15 is 0 Å².